The molecule has 0 unspecified atom stereocenters. The number of rotatable bonds is 6. The normalized spacial score (nSPS) is 10.9. The van der Waals surface area contributed by atoms with Crippen LogP contribution in [-0.4, -0.2) is 29.3 Å². The minimum atomic E-state index is -0.375. The summed E-state index contributed by atoms with van der Waals surface area (Å²) in [4.78, 5) is 24.3. The summed E-state index contributed by atoms with van der Waals surface area (Å²) in [6.45, 7) is 6.01. The highest BCUT2D eigenvalue weighted by Crippen LogP contribution is 2.21. The summed E-state index contributed by atoms with van der Waals surface area (Å²) in [5.41, 5.74) is 13.2. The highest BCUT2D eigenvalue weighted by atomic mass is 16.5. The highest BCUT2D eigenvalue weighted by Gasteiger charge is 2.13. The molecule has 1 heterocycles. The van der Waals surface area contributed by atoms with Gasteiger partial charge in [-0.15, -0.1) is 0 Å². The molecule has 2 aromatic carbocycles. The molecular weight excluding hydrogens is 380 g/mol. The average molecular weight is 404 g/mol. The van der Waals surface area contributed by atoms with E-state index in [1.807, 2.05) is 36.6 Å². The molecule has 0 aliphatic carbocycles. The number of hydrogen-bond acceptors (Lipinski definition) is 5. The number of amides is 1. The smallest absolute Gasteiger partial charge is 0.338 e. The van der Waals surface area contributed by atoms with E-state index in [0.717, 1.165) is 22.6 Å². The molecule has 0 atom stereocenters. The SMILES string of the molecule is CCOC(=O)c1cccc(-n2c(C)cc(/C=N\NC(=O)c3ccccc3N)c2C)c1. The summed E-state index contributed by atoms with van der Waals surface area (Å²) < 4.78 is 7.10. The number of nitrogens with two attached hydrogens (primary N) is 1. The van der Waals surface area contributed by atoms with Crippen molar-refractivity contribution in [3.05, 3.63) is 82.7 Å². The van der Waals surface area contributed by atoms with Crippen LogP contribution in [-0.2, 0) is 4.74 Å². The van der Waals surface area contributed by atoms with Crippen LogP contribution in [0.1, 0.15) is 44.6 Å². The molecule has 7 nitrogen and oxygen atoms in total. The number of aromatic nitrogens is 1. The van der Waals surface area contributed by atoms with E-state index in [0.29, 0.717) is 23.4 Å². The van der Waals surface area contributed by atoms with Gasteiger partial charge in [-0.1, -0.05) is 18.2 Å². The molecule has 3 N–H and O–H groups in total. The number of hydrazone groups is 1. The predicted octanol–water partition coefficient (Wildman–Crippen LogP) is 3.62. The molecule has 0 radical (unpaired) electrons. The van der Waals surface area contributed by atoms with E-state index < -0.39 is 0 Å². The summed E-state index contributed by atoms with van der Waals surface area (Å²) in [5.74, 6) is -0.730. The van der Waals surface area contributed by atoms with E-state index >= 15 is 0 Å². The van der Waals surface area contributed by atoms with Crippen LogP contribution >= 0.6 is 0 Å². The molecular formula is C23H24N4O3. The van der Waals surface area contributed by atoms with Gasteiger partial charge in [0, 0.05) is 28.3 Å². The first kappa shape index (κ1) is 20.9. The number of aryl methyl sites for hydroxylation is 1. The van der Waals surface area contributed by atoms with E-state index in [9.17, 15) is 9.59 Å². The monoisotopic (exact) mass is 404 g/mol. The fourth-order valence-corrected chi connectivity index (χ4v) is 3.23. The molecule has 1 aromatic heterocycles. The van der Waals surface area contributed by atoms with Gasteiger partial charge in [-0.3, -0.25) is 4.79 Å². The van der Waals surface area contributed by atoms with Crippen LogP contribution < -0.4 is 11.2 Å². The van der Waals surface area contributed by atoms with Crippen LogP contribution in [0.15, 0.2) is 59.7 Å². The van der Waals surface area contributed by atoms with Gasteiger partial charge in [-0.05, 0) is 57.2 Å². The van der Waals surface area contributed by atoms with Gasteiger partial charge in [0.25, 0.3) is 5.91 Å². The molecule has 0 saturated heterocycles. The minimum absolute atomic E-state index is 0.325. The summed E-state index contributed by atoms with van der Waals surface area (Å²) in [6, 6.07) is 16.0. The second-order valence-electron chi connectivity index (χ2n) is 6.72. The van der Waals surface area contributed by atoms with Crippen LogP contribution in [0.2, 0.25) is 0 Å². The molecule has 3 rings (SSSR count). The Hall–Kier alpha value is -3.87. The van der Waals surface area contributed by atoms with Crippen molar-refractivity contribution in [3.8, 4) is 5.69 Å². The molecule has 0 aliphatic rings. The summed E-state index contributed by atoms with van der Waals surface area (Å²) in [7, 11) is 0. The number of nitrogen functional groups attached to an aromatic ring is 1. The van der Waals surface area contributed by atoms with Gasteiger partial charge >= 0.3 is 5.97 Å². The lowest BCUT2D eigenvalue weighted by Gasteiger charge is -2.11. The van der Waals surface area contributed by atoms with Crippen molar-refractivity contribution in [1.29, 1.82) is 0 Å². The number of ether oxygens (including phenoxy) is 1. The first-order valence-electron chi connectivity index (χ1n) is 9.56. The summed E-state index contributed by atoms with van der Waals surface area (Å²) in [6.07, 6.45) is 1.59. The minimum Gasteiger partial charge on any atom is -0.462 e. The third kappa shape index (κ3) is 4.41. The Morgan fingerprint density at radius 2 is 1.90 bits per heavy atom. The van der Waals surface area contributed by atoms with E-state index in [2.05, 4.69) is 10.5 Å². The largest absolute Gasteiger partial charge is 0.462 e. The Morgan fingerprint density at radius 1 is 1.13 bits per heavy atom. The van der Waals surface area contributed by atoms with E-state index in [-0.39, 0.29) is 11.9 Å². The standard InChI is InChI=1S/C23H24N4O3/c1-4-30-23(29)17-8-7-9-19(13-17)27-15(2)12-18(16(27)3)14-25-26-22(28)20-10-5-6-11-21(20)24/h5-14H,4,24H2,1-3H3,(H,26,28)/b25-14-. The van der Waals surface area contributed by atoms with Gasteiger partial charge in [0.2, 0.25) is 0 Å². The van der Waals surface area contributed by atoms with Crippen molar-refractivity contribution in [3.63, 3.8) is 0 Å². The van der Waals surface area contributed by atoms with Crippen molar-refractivity contribution in [2.75, 3.05) is 12.3 Å². The van der Waals surface area contributed by atoms with Gasteiger partial charge in [-0.25, -0.2) is 10.2 Å². The molecule has 7 heteroatoms. The molecule has 0 aliphatic heterocycles. The second kappa shape index (κ2) is 9.09. The van der Waals surface area contributed by atoms with Crippen LogP contribution in [0.4, 0.5) is 5.69 Å². The van der Waals surface area contributed by atoms with Crippen LogP contribution in [0.3, 0.4) is 0 Å². The van der Waals surface area contributed by atoms with Crippen LogP contribution in [0.5, 0.6) is 0 Å². The van der Waals surface area contributed by atoms with Crippen molar-refractivity contribution < 1.29 is 14.3 Å². The number of carbonyl (C=O) groups excluding carboxylic acids is 2. The zero-order valence-electron chi connectivity index (χ0n) is 17.2. The summed E-state index contributed by atoms with van der Waals surface area (Å²) in [5, 5.41) is 4.07. The Morgan fingerprint density at radius 3 is 2.63 bits per heavy atom. The fraction of sp³-hybridized carbons (Fsp3) is 0.174. The van der Waals surface area contributed by atoms with E-state index in [1.165, 1.54) is 0 Å². The number of hydrogen-bond donors (Lipinski definition) is 2. The number of nitrogens with zero attached hydrogens (tertiary/aromatic N) is 2. The fourth-order valence-electron chi connectivity index (χ4n) is 3.23. The Labute approximate surface area is 175 Å². The van der Waals surface area contributed by atoms with E-state index in [4.69, 9.17) is 10.5 Å². The summed E-state index contributed by atoms with van der Waals surface area (Å²) >= 11 is 0. The number of carbonyl (C=O) groups is 2. The lowest BCUT2D eigenvalue weighted by atomic mass is 10.2. The number of para-hydroxylation sites is 1. The third-order valence-electron chi connectivity index (χ3n) is 4.66. The molecule has 0 bridgehead atoms. The van der Waals surface area contributed by atoms with Gasteiger partial charge in [-0.2, -0.15) is 5.10 Å². The first-order valence-corrected chi connectivity index (χ1v) is 9.56. The van der Waals surface area contributed by atoms with Crippen molar-refractivity contribution in [2.45, 2.75) is 20.8 Å². The molecule has 0 saturated carbocycles. The molecule has 154 valence electrons. The molecule has 0 spiro atoms. The van der Waals surface area contributed by atoms with Crippen molar-refractivity contribution >= 4 is 23.8 Å². The number of anilines is 1. The zero-order chi connectivity index (χ0) is 21.7. The van der Waals surface area contributed by atoms with Gasteiger partial charge in [0.05, 0.1) is 23.9 Å². The zero-order valence-corrected chi connectivity index (χ0v) is 17.2. The number of benzene rings is 2. The maximum absolute atomic E-state index is 12.2. The third-order valence-corrected chi connectivity index (χ3v) is 4.66. The molecule has 3 aromatic rings. The molecule has 0 fully saturated rings. The van der Waals surface area contributed by atoms with Crippen LogP contribution in [0, 0.1) is 13.8 Å². The van der Waals surface area contributed by atoms with Crippen molar-refractivity contribution in [2.24, 2.45) is 5.10 Å². The first-order chi connectivity index (χ1) is 14.4. The quantitative estimate of drug-likeness (QED) is 0.284. The Bertz CT molecular complexity index is 1120. The van der Waals surface area contributed by atoms with E-state index in [1.54, 1.807) is 49.5 Å². The Balaban J connectivity index is 1.82. The highest BCUT2D eigenvalue weighted by molar-refractivity contribution is 5.99. The predicted molar refractivity (Wildman–Crippen MR) is 117 cm³/mol. The van der Waals surface area contributed by atoms with Crippen molar-refractivity contribution in [1.82, 2.24) is 9.99 Å². The molecule has 1 amide bonds. The van der Waals surface area contributed by atoms with Gasteiger partial charge in [0.1, 0.15) is 0 Å². The maximum Gasteiger partial charge on any atom is 0.338 e. The van der Waals surface area contributed by atoms with Gasteiger partial charge in [0.15, 0.2) is 0 Å². The topological polar surface area (TPSA) is 98.7 Å². The van der Waals surface area contributed by atoms with Crippen LogP contribution in [0.25, 0.3) is 5.69 Å². The lowest BCUT2D eigenvalue weighted by Crippen LogP contribution is -2.19. The Kier molecular flexibility index (Phi) is 6.32. The molecule has 30 heavy (non-hydrogen) atoms. The average Bonchev–Trinajstić information content (AvgIpc) is 3.01. The number of esters is 1. The second-order valence-corrected chi connectivity index (χ2v) is 6.72. The lowest BCUT2D eigenvalue weighted by molar-refractivity contribution is 0.0526. The number of nitrogens with one attached hydrogen (secondary N) is 1. The maximum atomic E-state index is 12.2. The van der Waals surface area contributed by atoms with Gasteiger partial charge < -0.3 is 15.0 Å².